The topological polar surface area (TPSA) is 105 Å². The molecule has 0 aromatic heterocycles. The molecule has 0 aliphatic rings. The predicted octanol–water partition coefficient (Wildman–Crippen LogP) is 2.92. The summed E-state index contributed by atoms with van der Waals surface area (Å²) in [4.78, 5) is 23.4. The monoisotopic (exact) mass is 328 g/mol. The molecule has 0 spiro atoms. The Hall–Kier alpha value is -3.02. The second-order valence-corrected chi connectivity index (χ2v) is 5.30. The van der Waals surface area contributed by atoms with Crippen LogP contribution in [0.25, 0.3) is 0 Å². The molecule has 0 amide bonds. The molecule has 0 atom stereocenters. The Labute approximate surface area is 140 Å². The first-order valence-corrected chi connectivity index (χ1v) is 7.65. The number of anilines is 2. The molecule has 0 aliphatic heterocycles. The summed E-state index contributed by atoms with van der Waals surface area (Å²) in [7, 11) is 0. The van der Waals surface area contributed by atoms with E-state index >= 15 is 0 Å². The van der Waals surface area contributed by atoms with E-state index in [4.69, 9.17) is 20.9 Å². The quantitative estimate of drug-likeness (QED) is 0.350. The molecule has 0 heterocycles. The van der Waals surface area contributed by atoms with Crippen molar-refractivity contribution in [2.75, 3.05) is 11.5 Å². The summed E-state index contributed by atoms with van der Waals surface area (Å²) in [5, 5.41) is 0. The molecule has 2 rings (SSSR count). The van der Waals surface area contributed by atoms with Crippen LogP contribution in [0, 0.1) is 0 Å². The summed E-state index contributed by atoms with van der Waals surface area (Å²) >= 11 is 0. The second-order valence-electron chi connectivity index (χ2n) is 5.30. The van der Waals surface area contributed by atoms with Crippen molar-refractivity contribution in [3.05, 3.63) is 48.5 Å². The molecule has 0 aliphatic carbocycles. The largest absolute Gasteiger partial charge is 0.426 e. The highest BCUT2D eigenvalue weighted by Gasteiger charge is 2.08. The smallest absolute Gasteiger partial charge is 0.311 e. The van der Waals surface area contributed by atoms with Crippen LogP contribution in [0.5, 0.6) is 11.5 Å². The molecule has 2 aromatic carbocycles. The minimum Gasteiger partial charge on any atom is -0.426 e. The number of carbonyl (C=O) groups is 2. The third-order valence-electron chi connectivity index (χ3n) is 3.19. The van der Waals surface area contributed by atoms with E-state index in [0.717, 1.165) is 0 Å². The van der Waals surface area contributed by atoms with Crippen LogP contribution in [0.1, 0.15) is 25.7 Å². The Balaban J connectivity index is 1.65. The summed E-state index contributed by atoms with van der Waals surface area (Å²) in [6.45, 7) is 0. The maximum atomic E-state index is 11.7. The Morgan fingerprint density at radius 2 is 1.17 bits per heavy atom. The molecule has 4 N–H and O–H groups in total. The highest BCUT2D eigenvalue weighted by atomic mass is 16.5. The molecule has 0 saturated carbocycles. The van der Waals surface area contributed by atoms with E-state index in [1.54, 1.807) is 48.5 Å². The van der Waals surface area contributed by atoms with Crippen LogP contribution in [-0.2, 0) is 9.59 Å². The highest BCUT2D eigenvalue weighted by molar-refractivity contribution is 5.74. The van der Waals surface area contributed by atoms with Gasteiger partial charge in [-0.25, -0.2) is 0 Å². The first-order chi connectivity index (χ1) is 11.5. The van der Waals surface area contributed by atoms with Gasteiger partial charge in [-0.2, -0.15) is 0 Å². The van der Waals surface area contributed by atoms with Crippen molar-refractivity contribution in [2.45, 2.75) is 25.7 Å². The fourth-order valence-corrected chi connectivity index (χ4v) is 2.06. The van der Waals surface area contributed by atoms with Gasteiger partial charge in [-0.05, 0) is 37.1 Å². The van der Waals surface area contributed by atoms with Gasteiger partial charge in [-0.3, -0.25) is 9.59 Å². The van der Waals surface area contributed by atoms with Gasteiger partial charge in [0.1, 0.15) is 11.5 Å². The van der Waals surface area contributed by atoms with Gasteiger partial charge in [-0.15, -0.1) is 0 Å². The molecule has 6 heteroatoms. The number of nitrogens with two attached hydrogens (primary N) is 2. The van der Waals surface area contributed by atoms with E-state index in [2.05, 4.69) is 0 Å². The molecule has 0 bridgehead atoms. The molecular formula is C18H20N2O4. The summed E-state index contributed by atoms with van der Waals surface area (Å²) in [5.41, 5.74) is 12.3. The lowest BCUT2D eigenvalue weighted by Crippen LogP contribution is -2.10. The number of rotatable bonds is 7. The van der Waals surface area contributed by atoms with Gasteiger partial charge in [0.2, 0.25) is 0 Å². The van der Waals surface area contributed by atoms with Gasteiger partial charge >= 0.3 is 11.9 Å². The molecule has 126 valence electrons. The number of nitrogen functional groups attached to an aromatic ring is 2. The SMILES string of the molecule is Nc1cccc(OC(=O)CCCCC(=O)Oc2cccc(N)c2)c1. The summed E-state index contributed by atoms with van der Waals surface area (Å²) in [6.07, 6.45) is 1.51. The number of carbonyl (C=O) groups excluding carboxylic acids is 2. The van der Waals surface area contributed by atoms with Gasteiger partial charge in [-0.1, -0.05) is 12.1 Å². The van der Waals surface area contributed by atoms with E-state index in [1.165, 1.54) is 0 Å². The van der Waals surface area contributed by atoms with E-state index < -0.39 is 0 Å². The number of benzene rings is 2. The molecule has 0 unspecified atom stereocenters. The number of hydrogen-bond acceptors (Lipinski definition) is 6. The van der Waals surface area contributed by atoms with Gasteiger partial charge in [0, 0.05) is 36.3 Å². The third-order valence-corrected chi connectivity index (χ3v) is 3.19. The number of hydrogen-bond donors (Lipinski definition) is 2. The summed E-state index contributed by atoms with van der Waals surface area (Å²) in [5.74, 6) is 0.122. The van der Waals surface area contributed by atoms with Crippen LogP contribution in [-0.4, -0.2) is 11.9 Å². The molecular weight excluding hydrogens is 308 g/mol. The van der Waals surface area contributed by atoms with Crippen LogP contribution in [0.15, 0.2) is 48.5 Å². The molecule has 24 heavy (non-hydrogen) atoms. The van der Waals surface area contributed by atoms with E-state index in [9.17, 15) is 9.59 Å². The van der Waals surface area contributed by atoms with E-state index in [0.29, 0.717) is 35.7 Å². The van der Waals surface area contributed by atoms with Crippen molar-refractivity contribution in [1.82, 2.24) is 0 Å². The first-order valence-electron chi connectivity index (χ1n) is 7.65. The lowest BCUT2D eigenvalue weighted by atomic mass is 10.2. The Morgan fingerprint density at radius 3 is 1.54 bits per heavy atom. The minimum atomic E-state index is -0.357. The van der Waals surface area contributed by atoms with E-state index in [-0.39, 0.29) is 24.8 Å². The molecule has 0 radical (unpaired) electrons. The Bertz CT molecular complexity index is 654. The van der Waals surface area contributed by atoms with Crippen molar-refractivity contribution in [3.8, 4) is 11.5 Å². The maximum absolute atomic E-state index is 11.7. The average molecular weight is 328 g/mol. The maximum Gasteiger partial charge on any atom is 0.311 e. The second kappa shape index (κ2) is 8.57. The Kier molecular flexibility index (Phi) is 6.19. The van der Waals surface area contributed by atoms with Crippen molar-refractivity contribution < 1.29 is 19.1 Å². The van der Waals surface area contributed by atoms with Crippen molar-refractivity contribution in [2.24, 2.45) is 0 Å². The standard InChI is InChI=1S/C18H20N2O4/c19-13-5-3-7-15(11-13)23-17(21)9-1-2-10-18(22)24-16-8-4-6-14(20)12-16/h3-8,11-12H,1-2,9-10,19-20H2. The lowest BCUT2D eigenvalue weighted by molar-refractivity contribution is -0.136. The number of unbranched alkanes of at least 4 members (excludes halogenated alkanes) is 1. The Morgan fingerprint density at radius 1 is 0.750 bits per heavy atom. The molecule has 2 aromatic rings. The predicted molar refractivity (Wildman–Crippen MR) is 91.4 cm³/mol. The fraction of sp³-hybridized carbons (Fsp3) is 0.222. The summed E-state index contributed by atoms with van der Waals surface area (Å²) in [6, 6.07) is 13.3. The van der Waals surface area contributed by atoms with Gasteiger partial charge in [0.15, 0.2) is 0 Å². The van der Waals surface area contributed by atoms with Gasteiger partial charge in [0.05, 0.1) is 0 Å². The number of esters is 2. The van der Waals surface area contributed by atoms with E-state index in [1.807, 2.05) is 0 Å². The first kappa shape index (κ1) is 17.3. The van der Waals surface area contributed by atoms with Crippen molar-refractivity contribution >= 4 is 23.3 Å². The van der Waals surface area contributed by atoms with Crippen LogP contribution in [0.2, 0.25) is 0 Å². The molecule has 0 fully saturated rings. The van der Waals surface area contributed by atoms with Crippen molar-refractivity contribution in [3.63, 3.8) is 0 Å². The van der Waals surface area contributed by atoms with Crippen LogP contribution >= 0.6 is 0 Å². The normalized spacial score (nSPS) is 10.2. The highest BCUT2D eigenvalue weighted by Crippen LogP contribution is 2.17. The van der Waals surface area contributed by atoms with Crippen LogP contribution < -0.4 is 20.9 Å². The third kappa shape index (κ3) is 6.00. The molecule has 6 nitrogen and oxygen atoms in total. The molecule has 0 saturated heterocycles. The zero-order valence-electron chi connectivity index (χ0n) is 13.2. The zero-order chi connectivity index (χ0) is 17.4. The zero-order valence-corrected chi connectivity index (χ0v) is 13.2. The lowest BCUT2D eigenvalue weighted by Gasteiger charge is -2.06. The average Bonchev–Trinajstić information content (AvgIpc) is 2.51. The van der Waals surface area contributed by atoms with Crippen LogP contribution in [0.3, 0.4) is 0 Å². The van der Waals surface area contributed by atoms with Gasteiger partial charge < -0.3 is 20.9 Å². The number of ether oxygens (including phenoxy) is 2. The van der Waals surface area contributed by atoms with Gasteiger partial charge in [0.25, 0.3) is 0 Å². The minimum absolute atomic E-state index is 0.223. The summed E-state index contributed by atoms with van der Waals surface area (Å²) < 4.78 is 10.3. The van der Waals surface area contributed by atoms with Crippen LogP contribution in [0.4, 0.5) is 11.4 Å². The van der Waals surface area contributed by atoms with Crippen molar-refractivity contribution in [1.29, 1.82) is 0 Å². The fourth-order valence-electron chi connectivity index (χ4n) is 2.06.